The summed E-state index contributed by atoms with van der Waals surface area (Å²) in [4.78, 5) is 15.1. The molecular formula is C22H17ClN2O3. The molecule has 0 unspecified atom stereocenters. The summed E-state index contributed by atoms with van der Waals surface area (Å²) in [6.45, 7) is 0.648. The lowest BCUT2D eigenvalue weighted by Crippen LogP contribution is -2.42. The Kier molecular flexibility index (Phi) is 4.10. The summed E-state index contributed by atoms with van der Waals surface area (Å²) >= 11 is 6.21. The van der Waals surface area contributed by atoms with Gasteiger partial charge >= 0.3 is 0 Å². The van der Waals surface area contributed by atoms with Crippen molar-refractivity contribution in [2.75, 3.05) is 12.1 Å². The summed E-state index contributed by atoms with van der Waals surface area (Å²) in [5, 5.41) is 4.12. The molecule has 5 nitrogen and oxygen atoms in total. The van der Waals surface area contributed by atoms with Gasteiger partial charge in [0.15, 0.2) is 11.5 Å². The molecule has 5 rings (SSSR count). The Balaban J connectivity index is 1.54. The van der Waals surface area contributed by atoms with Gasteiger partial charge < -0.3 is 19.7 Å². The number of carbonyl (C=O) groups is 1. The van der Waals surface area contributed by atoms with Gasteiger partial charge in [0.05, 0.1) is 5.56 Å². The SMILES string of the molecule is O=C1c2ccccc2N[C@H](c2cccc(Cl)c2)N1Cc1ccc2c(c1)OCO2. The molecular weight excluding hydrogens is 376 g/mol. The zero-order valence-electron chi connectivity index (χ0n) is 14.9. The maximum absolute atomic E-state index is 13.3. The minimum atomic E-state index is -0.327. The molecule has 0 aliphatic carbocycles. The molecule has 2 aliphatic rings. The monoisotopic (exact) mass is 392 g/mol. The van der Waals surface area contributed by atoms with E-state index < -0.39 is 0 Å². The molecule has 0 radical (unpaired) electrons. The van der Waals surface area contributed by atoms with Crippen molar-refractivity contribution in [2.24, 2.45) is 0 Å². The van der Waals surface area contributed by atoms with Crippen LogP contribution in [0.1, 0.15) is 27.7 Å². The van der Waals surface area contributed by atoms with Crippen LogP contribution < -0.4 is 14.8 Å². The summed E-state index contributed by atoms with van der Waals surface area (Å²) in [6.07, 6.45) is -0.327. The Morgan fingerprint density at radius 2 is 1.86 bits per heavy atom. The zero-order chi connectivity index (χ0) is 19.1. The fourth-order valence-corrected chi connectivity index (χ4v) is 3.83. The average Bonchev–Trinajstić information content (AvgIpc) is 3.18. The molecule has 0 bridgehead atoms. The minimum absolute atomic E-state index is 0.0306. The van der Waals surface area contributed by atoms with Crippen molar-refractivity contribution in [3.8, 4) is 11.5 Å². The van der Waals surface area contributed by atoms with Crippen LogP contribution >= 0.6 is 11.6 Å². The largest absolute Gasteiger partial charge is 0.454 e. The van der Waals surface area contributed by atoms with Crippen LogP contribution in [0.3, 0.4) is 0 Å². The number of ether oxygens (including phenoxy) is 2. The van der Waals surface area contributed by atoms with Crippen molar-refractivity contribution < 1.29 is 14.3 Å². The van der Waals surface area contributed by atoms with Gasteiger partial charge in [-0.1, -0.05) is 41.9 Å². The van der Waals surface area contributed by atoms with Crippen LogP contribution in [-0.2, 0) is 6.54 Å². The third-order valence-corrected chi connectivity index (χ3v) is 5.21. The number of amides is 1. The topological polar surface area (TPSA) is 50.8 Å². The number of hydrogen-bond acceptors (Lipinski definition) is 4. The van der Waals surface area contributed by atoms with E-state index in [1.165, 1.54) is 0 Å². The Bertz CT molecular complexity index is 1070. The van der Waals surface area contributed by atoms with Crippen LogP contribution in [-0.4, -0.2) is 17.6 Å². The first-order chi connectivity index (χ1) is 13.7. The number of para-hydroxylation sites is 1. The third kappa shape index (κ3) is 2.94. The number of nitrogens with zero attached hydrogens (tertiary/aromatic N) is 1. The first-order valence-electron chi connectivity index (χ1n) is 8.99. The fourth-order valence-electron chi connectivity index (χ4n) is 3.63. The van der Waals surface area contributed by atoms with Crippen LogP contribution in [0.25, 0.3) is 0 Å². The van der Waals surface area contributed by atoms with Crippen LogP contribution in [0.15, 0.2) is 66.7 Å². The standard InChI is InChI=1S/C22H17ClN2O3/c23-16-5-3-4-15(11-16)21-24-18-7-2-1-6-17(18)22(26)25(21)12-14-8-9-19-20(10-14)28-13-27-19/h1-11,21,24H,12-13H2/t21-/m0/s1. The number of benzene rings is 3. The number of carbonyl (C=O) groups excluding carboxylic acids is 1. The van der Waals surface area contributed by atoms with E-state index >= 15 is 0 Å². The van der Waals surface area contributed by atoms with E-state index in [1.807, 2.05) is 71.6 Å². The summed E-state index contributed by atoms with van der Waals surface area (Å²) in [5.74, 6) is 1.40. The maximum atomic E-state index is 13.3. The van der Waals surface area contributed by atoms with Gasteiger partial charge in [0.2, 0.25) is 6.79 Å². The third-order valence-electron chi connectivity index (χ3n) is 4.98. The Morgan fingerprint density at radius 3 is 2.75 bits per heavy atom. The Hall–Kier alpha value is -3.18. The van der Waals surface area contributed by atoms with Gasteiger partial charge in [0, 0.05) is 17.3 Å². The highest BCUT2D eigenvalue weighted by Gasteiger charge is 2.33. The lowest BCUT2D eigenvalue weighted by Gasteiger charge is -2.38. The van der Waals surface area contributed by atoms with Gasteiger partial charge in [0.1, 0.15) is 6.17 Å². The van der Waals surface area contributed by atoms with Crippen molar-refractivity contribution in [3.63, 3.8) is 0 Å². The van der Waals surface area contributed by atoms with Crippen LogP contribution in [0.2, 0.25) is 5.02 Å². The molecule has 0 fully saturated rings. The van der Waals surface area contributed by atoms with E-state index in [9.17, 15) is 4.79 Å². The molecule has 0 saturated carbocycles. The van der Waals surface area contributed by atoms with Gasteiger partial charge in [-0.3, -0.25) is 4.79 Å². The first-order valence-corrected chi connectivity index (χ1v) is 9.37. The highest BCUT2D eigenvalue weighted by atomic mass is 35.5. The average molecular weight is 393 g/mol. The van der Waals surface area contributed by atoms with Crippen molar-refractivity contribution in [1.82, 2.24) is 4.90 Å². The molecule has 1 N–H and O–H groups in total. The predicted molar refractivity (Wildman–Crippen MR) is 107 cm³/mol. The number of rotatable bonds is 3. The normalized spacial score (nSPS) is 17.2. The van der Waals surface area contributed by atoms with E-state index in [1.54, 1.807) is 0 Å². The number of fused-ring (bicyclic) bond motifs is 2. The second kappa shape index (κ2) is 6.77. The molecule has 1 amide bonds. The van der Waals surface area contributed by atoms with Crippen LogP contribution in [0.5, 0.6) is 11.5 Å². The lowest BCUT2D eigenvalue weighted by molar-refractivity contribution is 0.0666. The van der Waals surface area contributed by atoms with E-state index in [0.717, 1.165) is 22.6 Å². The lowest BCUT2D eigenvalue weighted by atomic mass is 10.0. The predicted octanol–water partition coefficient (Wildman–Crippen LogP) is 4.84. The fraction of sp³-hybridized carbons (Fsp3) is 0.136. The van der Waals surface area contributed by atoms with Crippen molar-refractivity contribution in [1.29, 1.82) is 0 Å². The van der Waals surface area contributed by atoms with Crippen molar-refractivity contribution >= 4 is 23.2 Å². The maximum Gasteiger partial charge on any atom is 0.258 e. The number of anilines is 1. The van der Waals surface area contributed by atoms with E-state index in [2.05, 4.69) is 5.32 Å². The highest BCUT2D eigenvalue weighted by molar-refractivity contribution is 6.30. The Morgan fingerprint density at radius 1 is 1.00 bits per heavy atom. The number of halogens is 1. The molecule has 0 saturated heterocycles. The molecule has 3 aromatic rings. The summed E-state index contributed by atoms with van der Waals surface area (Å²) in [5.41, 5.74) is 3.36. The first kappa shape index (κ1) is 17.0. The van der Waals surface area contributed by atoms with Gasteiger partial charge in [0.25, 0.3) is 5.91 Å². The molecule has 2 aliphatic heterocycles. The second-order valence-electron chi connectivity index (χ2n) is 6.77. The number of nitrogens with one attached hydrogen (secondary N) is 1. The second-order valence-corrected chi connectivity index (χ2v) is 7.20. The highest BCUT2D eigenvalue weighted by Crippen LogP contribution is 2.37. The molecule has 28 heavy (non-hydrogen) atoms. The van der Waals surface area contributed by atoms with Gasteiger partial charge in [-0.15, -0.1) is 0 Å². The summed E-state index contributed by atoms with van der Waals surface area (Å²) in [6, 6.07) is 20.9. The summed E-state index contributed by atoms with van der Waals surface area (Å²) < 4.78 is 10.9. The molecule has 6 heteroatoms. The van der Waals surface area contributed by atoms with E-state index in [0.29, 0.717) is 22.9 Å². The van der Waals surface area contributed by atoms with Gasteiger partial charge in [-0.25, -0.2) is 0 Å². The van der Waals surface area contributed by atoms with Gasteiger partial charge in [-0.2, -0.15) is 0 Å². The molecule has 0 aromatic heterocycles. The van der Waals surface area contributed by atoms with Gasteiger partial charge in [-0.05, 0) is 47.5 Å². The van der Waals surface area contributed by atoms with Crippen LogP contribution in [0.4, 0.5) is 5.69 Å². The Labute approximate surface area is 167 Å². The minimum Gasteiger partial charge on any atom is -0.454 e. The molecule has 1 atom stereocenters. The molecule has 2 heterocycles. The smallest absolute Gasteiger partial charge is 0.258 e. The van der Waals surface area contributed by atoms with E-state index in [4.69, 9.17) is 21.1 Å². The molecule has 140 valence electrons. The molecule has 0 spiro atoms. The van der Waals surface area contributed by atoms with Crippen molar-refractivity contribution in [2.45, 2.75) is 12.7 Å². The van der Waals surface area contributed by atoms with Crippen molar-refractivity contribution in [3.05, 3.63) is 88.4 Å². The van der Waals surface area contributed by atoms with Crippen LogP contribution in [0, 0.1) is 0 Å². The quantitative estimate of drug-likeness (QED) is 0.693. The number of hydrogen-bond donors (Lipinski definition) is 1. The zero-order valence-corrected chi connectivity index (χ0v) is 15.6. The summed E-state index contributed by atoms with van der Waals surface area (Å²) in [7, 11) is 0. The van der Waals surface area contributed by atoms with E-state index in [-0.39, 0.29) is 18.9 Å². The molecule has 3 aromatic carbocycles.